The molecule has 0 aliphatic heterocycles. The van der Waals surface area contributed by atoms with Crippen molar-refractivity contribution in [2.75, 3.05) is 0 Å². The Morgan fingerprint density at radius 2 is 2.21 bits per heavy atom. The Balaban J connectivity index is 2.60. The van der Waals surface area contributed by atoms with Crippen LogP contribution in [0.4, 0.5) is 0 Å². The van der Waals surface area contributed by atoms with Gasteiger partial charge in [-0.2, -0.15) is 0 Å². The standard InChI is InChI=1S/C12H11NO/c1-9-4-5-12-11(7-9)10(8-13-12)3-2-6-14/h2-8,13H,1H3. The number of aryl methyl sites for hydroxylation is 1. The highest BCUT2D eigenvalue weighted by Crippen LogP contribution is 2.20. The molecule has 0 bridgehead atoms. The van der Waals surface area contributed by atoms with E-state index in [0.717, 1.165) is 22.8 Å². The molecule has 2 heteroatoms. The molecule has 0 aliphatic carbocycles. The first-order valence-corrected chi connectivity index (χ1v) is 4.51. The average molecular weight is 185 g/mol. The fourth-order valence-corrected chi connectivity index (χ4v) is 1.54. The van der Waals surface area contributed by atoms with E-state index in [4.69, 9.17) is 0 Å². The Kier molecular flexibility index (Phi) is 2.19. The summed E-state index contributed by atoms with van der Waals surface area (Å²) in [5.74, 6) is 0. The highest BCUT2D eigenvalue weighted by Gasteiger charge is 1.99. The minimum atomic E-state index is 0.786. The van der Waals surface area contributed by atoms with Crippen LogP contribution in [-0.4, -0.2) is 11.3 Å². The van der Waals surface area contributed by atoms with Crippen LogP contribution < -0.4 is 0 Å². The summed E-state index contributed by atoms with van der Waals surface area (Å²) < 4.78 is 0. The molecule has 70 valence electrons. The van der Waals surface area contributed by atoms with Crippen molar-refractivity contribution < 1.29 is 4.79 Å². The highest BCUT2D eigenvalue weighted by atomic mass is 16.1. The summed E-state index contributed by atoms with van der Waals surface area (Å²) >= 11 is 0. The maximum absolute atomic E-state index is 10.2. The Labute approximate surface area is 82.3 Å². The van der Waals surface area contributed by atoms with Crippen molar-refractivity contribution in [3.05, 3.63) is 41.6 Å². The maximum Gasteiger partial charge on any atom is 0.142 e. The molecule has 2 nitrogen and oxygen atoms in total. The van der Waals surface area contributed by atoms with E-state index >= 15 is 0 Å². The predicted molar refractivity (Wildman–Crippen MR) is 58.1 cm³/mol. The number of nitrogens with one attached hydrogen (secondary N) is 1. The molecule has 0 amide bonds. The van der Waals surface area contributed by atoms with E-state index in [0.29, 0.717) is 0 Å². The molecule has 1 heterocycles. The molecule has 14 heavy (non-hydrogen) atoms. The van der Waals surface area contributed by atoms with Crippen molar-refractivity contribution in [3.63, 3.8) is 0 Å². The van der Waals surface area contributed by atoms with Crippen molar-refractivity contribution >= 4 is 23.3 Å². The van der Waals surface area contributed by atoms with E-state index < -0.39 is 0 Å². The van der Waals surface area contributed by atoms with Gasteiger partial charge in [0.05, 0.1) is 0 Å². The predicted octanol–water partition coefficient (Wildman–Crippen LogP) is 2.69. The molecule has 0 saturated heterocycles. The average Bonchev–Trinajstić information content (AvgIpc) is 2.57. The number of aromatic nitrogens is 1. The summed E-state index contributed by atoms with van der Waals surface area (Å²) in [5.41, 5.74) is 3.37. The second-order valence-corrected chi connectivity index (χ2v) is 3.29. The molecule has 0 spiro atoms. The molecule has 0 radical (unpaired) electrons. The topological polar surface area (TPSA) is 32.9 Å². The molecule has 1 aromatic carbocycles. The van der Waals surface area contributed by atoms with Gasteiger partial charge in [-0.05, 0) is 36.8 Å². The van der Waals surface area contributed by atoms with E-state index in [-0.39, 0.29) is 0 Å². The van der Waals surface area contributed by atoms with Crippen LogP contribution in [-0.2, 0) is 4.79 Å². The van der Waals surface area contributed by atoms with E-state index in [2.05, 4.69) is 24.0 Å². The zero-order chi connectivity index (χ0) is 9.97. The molecule has 1 N–H and O–H groups in total. The number of carbonyl (C=O) groups excluding carboxylic acids is 1. The van der Waals surface area contributed by atoms with Gasteiger partial charge in [0.25, 0.3) is 0 Å². The third kappa shape index (κ3) is 1.46. The summed E-state index contributed by atoms with van der Waals surface area (Å²) in [7, 11) is 0. The smallest absolute Gasteiger partial charge is 0.142 e. The van der Waals surface area contributed by atoms with Crippen molar-refractivity contribution in [1.29, 1.82) is 0 Å². The number of rotatable bonds is 2. The van der Waals surface area contributed by atoms with Gasteiger partial charge in [-0.1, -0.05) is 11.6 Å². The summed E-state index contributed by atoms with van der Waals surface area (Å²) in [6.45, 7) is 2.06. The molecule has 0 aliphatic rings. The number of allylic oxidation sites excluding steroid dienone is 1. The summed E-state index contributed by atoms with van der Waals surface area (Å²) in [6, 6.07) is 6.21. The number of aromatic amines is 1. The van der Waals surface area contributed by atoms with Gasteiger partial charge < -0.3 is 4.98 Å². The fraction of sp³-hybridized carbons (Fsp3) is 0.0833. The normalized spacial score (nSPS) is 11.2. The molecule has 2 rings (SSSR count). The van der Waals surface area contributed by atoms with Gasteiger partial charge in [-0.25, -0.2) is 0 Å². The maximum atomic E-state index is 10.2. The van der Waals surface area contributed by atoms with E-state index in [1.54, 1.807) is 0 Å². The minimum Gasteiger partial charge on any atom is -0.361 e. The van der Waals surface area contributed by atoms with Gasteiger partial charge in [0.15, 0.2) is 0 Å². The molecular weight excluding hydrogens is 174 g/mol. The second-order valence-electron chi connectivity index (χ2n) is 3.29. The lowest BCUT2D eigenvalue weighted by Gasteiger charge is -1.93. The fourth-order valence-electron chi connectivity index (χ4n) is 1.54. The van der Waals surface area contributed by atoms with Crippen LogP contribution in [0.25, 0.3) is 17.0 Å². The molecule has 0 fully saturated rings. The van der Waals surface area contributed by atoms with Crippen molar-refractivity contribution in [2.45, 2.75) is 6.92 Å². The highest BCUT2D eigenvalue weighted by molar-refractivity contribution is 5.91. The number of H-pyrrole nitrogens is 1. The van der Waals surface area contributed by atoms with Crippen molar-refractivity contribution in [1.82, 2.24) is 4.98 Å². The number of carbonyl (C=O) groups is 1. The zero-order valence-corrected chi connectivity index (χ0v) is 7.95. The number of benzene rings is 1. The first kappa shape index (κ1) is 8.75. The van der Waals surface area contributed by atoms with Crippen molar-refractivity contribution in [3.8, 4) is 0 Å². The Bertz CT molecular complexity index is 494. The number of hydrogen-bond donors (Lipinski definition) is 1. The summed E-state index contributed by atoms with van der Waals surface area (Å²) in [5, 5.41) is 1.16. The van der Waals surface area contributed by atoms with Crippen LogP contribution in [0.5, 0.6) is 0 Å². The third-order valence-corrected chi connectivity index (χ3v) is 2.22. The number of fused-ring (bicyclic) bond motifs is 1. The van der Waals surface area contributed by atoms with E-state index in [1.807, 2.05) is 18.3 Å². The lowest BCUT2D eigenvalue weighted by Crippen LogP contribution is -1.73. The largest absolute Gasteiger partial charge is 0.361 e. The van der Waals surface area contributed by atoms with Gasteiger partial charge in [0.2, 0.25) is 0 Å². The first-order valence-electron chi connectivity index (χ1n) is 4.51. The second kappa shape index (κ2) is 3.50. The first-order chi connectivity index (χ1) is 6.81. The minimum absolute atomic E-state index is 0.786. The van der Waals surface area contributed by atoms with Crippen LogP contribution in [0.1, 0.15) is 11.1 Å². The van der Waals surface area contributed by atoms with Gasteiger partial charge in [-0.15, -0.1) is 0 Å². The van der Waals surface area contributed by atoms with Gasteiger partial charge >= 0.3 is 0 Å². The van der Waals surface area contributed by atoms with Crippen LogP contribution in [0.3, 0.4) is 0 Å². The molecule has 0 atom stereocenters. The lowest BCUT2D eigenvalue weighted by atomic mass is 10.1. The van der Waals surface area contributed by atoms with Gasteiger partial charge in [0.1, 0.15) is 6.29 Å². The Hall–Kier alpha value is -1.83. The Morgan fingerprint density at radius 3 is 3.00 bits per heavy atom. The molecule has 1 aromatic heterocycles. The summed E-state index contributed by atoms with van der Waals surface area (Å²) in [6.07, 6.45) is 6.01. The van der Waals surface area contributed by atoms with Crippen LogP contribution in [0.15, 0.2) is 30.5 Å². The SMILES string of the molecule is Cc1ccc2[nH]cc(C=CC=O)c2c1. The molecule has 0 unspecified atom stereocenters. The van der Waals surface area contributed by atoms with Gasteiger partial charge in [-0.3, -0.25) is 4.79 Å². The lowest BCUT2D eigenvalue weighted by molar-refractivity contribution is -0.104. The van der Waals surface area contributed by atoms with Crippen LogP contribution >= 0.6 is 0 Å². The monoisotopic (exact) mass is 185 g/mol. The number of aldehydes is 1. The van der Waals surface area contributed by atoms with Crippen molar-refractivity contribution in [2.24, 2.45) is 0 Å². The van der Waals surface area contributed by atoms with Gasteiger partial charge in [0, 0.05) is 17.1 Å². The molecule has 0 saturated carbocycles. The third-order valence-electron chi connectivity index (χ3n) is 2.22. The molecule has 2 aromatic rings. The summed E-state index contributed by atoms with van der Waals surface area (Å²) in [4.78, 5) is 13.4. The molecular formula is C12H11NO. The zero-order valence-electron chi connectivity index (χ0n) is 7.95. The van der Waals surface area contributed by atoms with E-state index in [9.17, 15) is 4.79 Å². The van der Waals surface area contributed by atoms with Crippen LogP contribution in [0.2, 0.25) is 0 Å². The Morgan fingerprint density at radius 1 is 1.36 bits per heavy atom. The number of hydrogen-bond acceptors (Lipinski definition) is 1. The quantitative estimate of drug-likeness (QED) is 0.566. The van der Waals surface area contributed by atoms with E-state index in [1.165, 1.54) is 11.6 Å². The van der Waals surface area contributed by atoms with Crippen LogP contribution in [0, 0.1) is 6.92 Å².